The smallest absolute Gasteiger partial charge is 0.347 e. The Morgan fingerprint density at radius 3 is 2.26 bits per heavy atom. The van der Waals surface area contributed by atoms with Crippen molar-refractivity contribution in [1.29, 1.82) is 0 Å². The number of ether oxygens (including phenoxy) is 2. The average molecular weight is 371 g/mol. The number of para-hydroxylation sites is 1. The van der Waals surface area contributed by atoms with Crippen molar-refractivity contribution in [2.75, 3.05) is 13.2 Å². The van der Waals surface area contributed by atoms with Crippen LogP contribution in [0.4, 0.5) is 0 Å². The quantitative estimate of drug-likeness (QED) is 0.747. The molecule has 146 valence electrons. The summed E-state index contributed by atoms with van der Waals surface area (Å²) in [7, 11) is 0. The molecule has 4 aliphatic carbocycles. The van der Waals surface area contributed by atoms with Crippen molar-refractivity contribution >= 4 is 11.9 Å². The van der Waals surface area contributed by atoms with Gasteiger partial charge in [-0.3, -0.25) is 4.79 Å². The van der Waals surface area contributed by atoms with E-state index >= 15 is 0 Å². The number of carbonyl (C=O) groups excluding carboxylic acids is 2. The summed E-state index contributed by atoms with van der Waals surface area (Å²) < 4.78 is 10.7. The summed E-state index contributed by atoms with van der Waals surface area (Å²) in [5, 5.41) is 3.03. The SMILES string of the molecule is C[C@@H](Oc1ccccc1)C(=O)OCC(=O)NCC12CC3CC(CC(C3)C1)C2. The lowest BCUT2D eigenvalue weighted by molar-refractivity contribution is -0.155. The Bertz CT molecular complexity index is 652. The maximum Gasteiger partial charge on any atom is 0.347 e. The summed E-state index contributed by atoms with van der Waals surface area (Å²) in [5.74, 6) is 2.45. The number of carbonyl (C=O) groups is 2. The first-order chi connectivity index (χ1) is 13.0. The summed E-state index contributed by atoms with van der Waals surface area (Å²) in [4.78, 5) is 24.2. The maximum absolute atomic E-state index is 12.2. The molecule has 27 heavy (non-hydrogen) atoms. The standard InChI is InChI=1S/C22H29NO4/c1-15(27-19-5-3-2-4-6-19)21(25)26-13-20(24)23-14-22-10-16-7-17(11-22)9-18(8-16)12-22/h2-6,15-18H,7-14H2,1H3,(H,23,24)/t15-,16?,17?,18?,22?/m1/s1. The molecule has 1 N–H and O–H groups in total. The Labute approximate surface area is 160 Å². The lowest BCUT2D eigenvalue weighted by Crippen LogP contribution is -2.51. The van der Waals surface area contributed by atoms with Crippen molar-refractivity contribution in [2.24, 2.45) is 23.2 Å². The van der Waals surface area contributed by atoms with Gasteiger partial charge in [0.25, 0.3) is 5.91 Å². The van der Waals surface area contributed by atoms with E-state index in [1.54, 1.807) is 19.1 Å². The second-order valence-electron chi connectivity index (χ2n) is 8.88. The fourth-order valence-electron chi connectivity index (χ4n) is 5.85. The number of hydrogen-bond donors (Lipinski definition) is 1. The fraction of sp³-hybridized carbons (Fsp3) is 0.636. The highest BCUT2D eigenvalue weighted by atomic mass is 16.6. The van der Waals surface area contributed by atoms with Gasteiger partial charge in [-0.15, -0.1) is 0 Å². The van der Waals surface area contributed by atoms with Gasteiger partial charge in [0.1, 0.15) is 5.75 Å². The topological polar surface area (TPSA) is 64.6 Å². The normalized spacial score (nSPS) is 32.0. The zero-order valence-electron chi connectivity index (χ0n) is 16.0. The molecule has 0 unspecified atom stereocenters. The molecular weight excluding hydrogens is 342 g/mol. The van der Waals surface area contributed by atoms with Crippen molar-refractivity contribution in [3.63, 3.8) is 0 Å². The molecule has 0 radical (unpaired) electrons. The predicted molar refractivity (Wildman–Crippen MR) is 101 cm³/mol. The van der Waals surface area contributed by atoms with Crippen molar-refractivity contribution in [3.8, 4) is 5.75 Å². The molecule has 4 bridgehead atoms. The highest BCUT2D eigenvalue weighted by molar-refractivity contribution is 5.82. The van der Waals surface area contributed by atoms with Crippen LogP contribution in [0, 0.1) is 23.2 Å². The Morgan fingerprint density at radius 2 is 1.67 bits per heavy atom. The Hall–Kier alpha value is -2.04. The molecule has 0 aromatic heterocycles. The second-order valence-corrected chi connectivity index (χ2v) is 8.88. The van der Waals surface area contributed by atoms with Crippen LogP contribution in [0.25, 0.3) is 0 Å². The zero-order valence-corrected chi connectivity index (χ0v) is 16.0. The maximum atomic E-state index is 12.2. The minimum absolute atomic E-state index is 0.217. The van der Waals surface area contributed by atoms with Crippen LogP contribution in [0.2, 0.25) is 0 Å². The molecule has 5 rings (SSSR count). The van der Waals surface area contributed by atoms with E-state index in [9.17, 15) is 9.59 Å². The molecule has 0 heterocycles. The van der Waals surface area contributed by atoms with Gasteiger partial charge in [0.05, 0.1) is 0 Å². The second kappa shape index (κ2) is 7.53. The number of nitrogens with one attached hydrogen (secondary N) is 1. The van der Waals surface area contributed by atoms with Gasteiger partial charge in [-0.2, -0.15) is 0 Å². The Balaban J connectivity index is 1.20. The van der Waals surface area contributed by atoms with Gasteiger partial charge in [0.15, 0.2) is 12.7 Å². The van der Waals surface area contributed by atoms with Gasteiger partial charge in [-0.05, 0) is 80.8 Å². The fourth-order valence-corrected chi connectivity index (χ4v) is 5.85. The van der Waals surface area contributed by atoms with Gasteiger partial charge in [0.2, 0.25) is 0 Å². The lowest BCUT2D eigenvalue weighted by Gasteiger charge is -2.56. The van der Waals surface area contributed by atoms with Gasteiger partial charge in [-0.25, -0.2) is 4.79 Å². The number of amides is 1. The van der Waals surface area contributed by atoms with Crippen molar-refractivity contribution in [2.45, 2.75) is 51.6 Å². The molecule has 0 aliphatic heterocycles. The van der Waals surface area contributed by atoms with Crippen molar-refractivity contribution in [1.82, 2.24) is 5.32 Å². The zero-order chi connectivity index (χ0) is 18.9. The first-order valence-electron chi connectivity index (χ1n) is 10.2. The minimum atomic E-state index is -0.747. The van der Waals surface area contributed by atoms with E-state index in [0.29, 0.717) is 5.75 Å². The minimum Gasteiger partial charge on any atom is -0.479 e. The van der Waals surface area contributed by atoms with Crippen LogP contribution in [-0.4, -0.2) is 31.1 Å². The van der Waals surface area contributed by atoms with Crippen LogP contribution in [0.3, 0.4) is 0 Å². The van der Waals surface area contributed by atoms with E-state index < -0.39 is 12.1 Å². The highest BCUT2D eigenvalue weighted by Gasteiger charge is 2.50. The summed E-state index contributed by atoms with van der Waals surface area (Å²) in [6, 6.07) is 9.12. The molecule has 1 aromatic rings. The van der Waals surface area contributed by atoms with E-state index in [1.165, 1.54) is 38.5 Å². The molecule has 1 amide bonds. The third-order valence-electron chi connectivity index (χ3n) is 6.56. The van der Waals surface area contributed by atoms with Gasteiger partial charge in [-0.1, -0.05) is 18.2 Å². The van der Waals surface area contributed by atoms with Crippen molar-refractivity contribution in [3.05, 3.63) is 30.3 Å². The molecule has 5 nitrogen and oxygen atoms in total. The average Bonchev–Trinajstić information content (AvgIpc) is 2.64. The third kappa shape index (κ3) is 4.28. The number of rotatable bonds is 7. The molecule has 1 aromatic carbocycles. The van der Waals surface area contributed by atoms with E-state index in [2.05, 4.69) is 5.32 Å². The molecule has 4 saturated carbocycles. The monoisotopic (exact) mass is 371 g/mol. The third-order valence-corrected chi connectivity index (χ3v) is 6.56. The molecule has 0 spiro atoms. The van der Waals surface area contributed by atoms with Gasteiger partial charge in [0, 0.05) is 6.54 Å². The predicted octanol–water partition coefficient (Wildman–Crippen LogP) is 3.33. The first-order valence-corrected chi connectivity index (χ1v) is 10.2. The van der Waals surface area contributed by atoms with E-state index in [0.717, 1.165) is 24.3 Å². The van der Waals surface area contributed by atoms with E-state index in [4.69, 9.17) is 9.47 Å². The number of benzene rings is 1. The number of esters is 1. The van der Waals surface area contributed by atoms with Crippen LogP contribution in [0.15, 0.2) is 30.3 Å². The Morgan fingerprint density at radius 1 is 1.07 bits per heavy atom. The molecule has 4 fully saturated rings. The molecule has 5 heteroatoms. The molecule has 4 aliphatic rings. The van der Waals surface area contributed by atoms with Crippen LogP contribution in [0.1, 0.15) is 45.4 Å². The molecule has 1 atom stereocenters. The van der Waals surface area contributed by atoms with Crippen LogP contribution < -0.4 is 10.1 Å². The van der Waals surface area contributed by atoms with Crippen molar-refractivity contribution < 1.29 is 19.1 Å². The Kier molecular flexibility index (Phi) is 5.11. The number of hydrogen-bond acceptors (Lipinski definition) is 4. The molecule has 0 saturated heterocycles. The van der Waals surface area contributed by atoms with Gasteiger partial charge < -0.3 is 14.8 Å². The summed E-state index contributed by atoms with van der Waals surface area (Å²) in [6.45, 7) is 2.11. The van der Waals surface area contributed by atoms with E-state index in [-0.39, 0.29) is 17.9 Å². The summed E-state index contributed by atoms with van der Waals surface area (Å²) in [6.07, 6.45) is 7.19. The molecular formula is C22H29NO4. The lowest BCUT2D eigenvalue weighted by atomic mass is 9.49. The first kappa shape index (κ1) is 18.3. The largest absolute Gasteiger partial charge is 0.479 e. The van der Waals surface area contributed by atoms with E-state index in [1.807, 2.05) is 18.2 Å². The van der Waals surface area contributed by atoms with Crippen LogP contribution >= 0.6 is 0 Å². The summed E-state index contributed by atoms with van der Waals surface area (Å²) >= 11 is 0. The highest BCUT2D eigenvalue weighted by Crippen LogP contribution is 2.59. The van der Waals surface area contributed by atoms with Crippen LogP contribution in [0.5, 0.6) is 5.75 Å². The summed E-state index contributed by atoms with van der Waals surface area (Å²) in [5.41, 5.74) is 0.290. The van der Waals surface area contributed by atoms with Crippen LogP contribution in [-0.2, 0) is 14.3 Å². The van der Waals surface area contributed by atoms with Gasteiger partial charge >= 0.3 is 5.97 Å².